The first-order valence-corrected chi connectivity index (χ1v) is 9.40. The van der Waals surface area contributed by atoms with Crippen molar-refractivity contribution in [2.75, 3.05) is 42.9 Å². The number of rotatable bonds is 6. The fourth-order valence-corrected chi connectivity index (χ4v) is 3.14. The zero-order valence-electron chi connectivity index (χ0n) is 15.9. The zero-order valence-corrected chi connectivity index (χ0v) is 15.9. The standard InChI is InChI=1S/C20H23N5O4/c26-19(10-11-21-20(27)22-16-4-2-1-3-5-16)24-14-12-23(13-15-24)17-6-8-18(9-7-17)25(28)29/h1-9H,10-15H2,(H2,21,22,27). The Morgan fingerprint density at radius 1 is 0.966 bits per heavy atom. The number of urea groups is 1. The number of nitrogens with zero attached hydrogens (tertiary/aromatic N) is 3. The second-order valence-corrected chi connectivity index (χ2v) is 6.64. The zero-order chi connectivity index (χ0) is 20.6. The van der Waals surface area contributed by atoms with E-state index in [0.29, 0.717) is 31.9 Å². The maximum Gasteiger partial charge on any atom is 0.319 e. The van der Waals surface area contributed by atoms with Crippen LogP contribution in [-0.2, 0) is 4.79 Å². The van der Waals surface area contributed by atoms with Gasteiger partial charge in [0.25, 0.3) is 5.69 Å². The number of non-ortho nitro benzene ring substituents is 1. The Bertz CT molecular complexity index is 849. The smallest absolute Gasteiger partial charge is 0.319 e. The number of nitro benzene ring substituents is 1. The van der Waals surface area contributed by atoms with Crippen LogP contribution in [0.25, 0.3) is 0 Å². The molecule has 2 N–H and O–H groups in total. The lowest BCUT2D eigenvalue weighted by Crippen LogP contribution is -2.49. The first kappa shape index (κ1) is 20.1. The predicted molar refractivity (Wildman–Crippen MR) is 110 cm³/mol. The van der Waals surface area contributed by atoms with E-state index < -0.39 is 4.92 Å². The molecule has 0 unspecified atom stereocenters. The highest BCUT2D eigenvalue weighted by Gasteiger charge is 2.21. The highest BCUT2D eigenvalue weighted by molar-refractivity contribution is 5.89. The molecule has 1 aliphatic heterocycles. The Kier molecular flexibility index (Phi) is 6.62. The molecule has 0 aromatic heterocycles. The van der Waals surface area contributed by atoms with E-state index in [4.69, 9.17) is 0 Å². The molecule has 3 amide bonds. The molecule has 1 aliphatic rings. The summed E-state index contributed by atoms with van der Waals surface area (Å²) in [7, 11) is 0. The van der Waals surface area contributed by atoms with Crippen molar-refractivity contribution in [3.8, 4) is 0 Å². The fraction of sp³-hybridized carbons (Fsp3) is 0.300. The Balaban J connectivity index is 1.38. The van der Waals surface area contributed by atoms with E-state index in [2.05, 4.69) is 15.5 Å². The molecule has 0 spiro atoms. The summed E-state index contributed by atoms with van der Waals surface area (Å²) in [5, 5.41) is 16.1. The van der Waals surface area contributed by atoms with Crippen molar-refractivity contribution in [2.45, 2.75) is 6.42 Å². The van der Waals surface area contributed by atoms with Gasteiger partial charge in [-0.05, 0) is 24.3 Å². The van der Waals surface area contributed by atoms with Crippen molar-refractivity contribution >= 4 is 29.0 Å². The van der Waals surface area contributed by atoms with Crippen molar-refractivity contribution in [2.24, 2.45) is 0 Å². The van der Waals surface area contributed by atoms with Crippen LogP contribution in [0.3, 0.4) is 0 Å². The largest absolute Gasteiger partial charge is 0.368 e. The topological polar surface area (TPSA) is 108 Å². The summed E-state index contributed by atoms with van der Waals surface area (Å²) in [6.45, 7) is 2.73. The Hall–Kier alpha value is -3.62. The lowest BCUT2D eigenvalue weighted by Gasteiger charge is -2.36. The van der Waals surface area contributed by atoms with Crippen molar-refractivity contribution in [3.63, 3.8) is 0 Å². The summed E-state index contributed by atoms with van der Waals surface area (Å²) in [6, 6.07) is 15.2. The van der Waals surface area contributed by atoms with Gasteiger partial charge >= 0.3 is 6.03 Å². The first-order valence-electron chi connectivity index (χ1n) is 9.40. The van der Waals surface area contributed by atoms with E-state index in [-0.39, 0.29) is 30.6 Å². The molecule has 2 aromatic rings. The van der Waals surface area contributed by atoms with Gasteiger partial charge in [-0.15, -0.1) is 0 Å². The molecule has 1 heterocycles. The molecule has 3 rings (SSSR count). The molecule has 29 heavy (non-hydrogen) atoms. The minimum atomic E-state index is -0.422. The lowest BCUT2D eigenvalue weighted by atomic mass is 10.2. The van der Waals surface area contributed by atoms with Gasteiger partial charge in [-0.1, -0.05) is 18.2 Å². The summed E-state index contributed by atoms with van der Waals surface area (Å²) in [6.07, 6.45) is 0.236. The third-order valence-electron chi connectivity index (χ3n) is 4.71. The van der Waals surface area contributed by atoms with Gasteiger partial charge < -0.3 is 20.4 Å². The Labute approximate surface area is 168 Å². The number of nitro groups is 1. The predicted octanol–water partition coefficient (Wildman–Crippen LogP) is 2.46. The van der Waals surface area contributed by atoms with E-state index >= 15 is 0 Å². The molecule has 1 fully saturated rings. The SMILES string of the molecule is O=C(NCCC(=O)N1CCN(c2ccc([N+](=O)[O-])cc2)CC1)Nc1ccccc1. The van der Waals surface area contributed by atoms with Gasteiger partial charge in [-0.3, -0.25) is 14.9 Å². The van der Waals surface area contributed by atoms with Crippen LogP contribution < -0.4 is 15.5 Å². The monoisotopic (exact) mass is 397 g/mol. The molecule has 2 aromatic carbocycles. The van der Waals surface area contributed by atoms with E-state index in [9.17, 15) is 19.7 Å². The van der Waals surface area contributed by atoms with E-state index in [0.717, 1.165) is 5.69 Å². The van der Waals surface area contributed by atoms with E-state index in [1.807, 2.05) is 18.2 Å². The summed E-state index contributed by atoms with van der Waals surface area (Å²) >= 11 is 0. The van der Waals surface area contributed by atoms with Crippen molar-refractivity contribution in [1.29, 1.82) is 0 Å². The van der Waals surface area contributed by atoms with Gasteiger partial charge in [0.1, 0.15) is 0 Å². The number of benzene rings is 2. The van der Waals surface area contributed by atoms with Gasteiger partial charge in [0.05, 0.1) is 4.92 Å². The highest BCUT2D eigenvalue weighted by atomic mass is 16.6. The second kappa shape index (κ2) is 9.54. The summed E-state index contributed by atoms with van der Waals surface area (Å²) in [4.78, 5) is 38.4. The van der Waals surface area contributed by atoms with Crippen LogP contribution in [0, 0.1) is 10.1 Å². The molecule has 0 aliphatic carbocycles. The number of nitrogens with one attached hydrogen (secondary N) is 2. The molecular formula is C20H23N5O4. The quantitative estimate of drug-likeness (QED) is 0.575. The molecule has 1 saturated heterocycles. The molecule has 9 heteroatoms. The molecule has 9 nitrogen and oxygen atoms in total. The lowest BCUT2D eigenvalue weighted by molar-refractivity contribution is -0.384. The van der Waals surface area contributed by atoms with Gasteiger partial charge in [-0.2, -0.15) is 0 Å². The molecular weight excluding hydrogens is 374 g/mol. The third kappa shape index (κ3) is 5.68. The van der Waals surface area contributed by atoms with Crippen molar-refractivity contribution in [3.05, 3.63) is 64.7 Å². The van der Waals surface area contributed by atoms with Crippen LogP contribution in [0.5, 0.6) is 0 Å². The third-order valence-corrected chi connectivity index (χ3v) is 4.71. The highest BCUT2D eigenvalue weighted by Crippen LogP contribution is 2.20. The van der Waals surface area contributed by atoms with Gasteiger partial charge in [0.15, 0.2) is 0 Å². The number of hydrogen-bond acceptors (Lipinski definition) is 5. The van der Waals surface area contributed by atoms with Crippen molar-refractivity contribution in [1.82, 2.24) is 10.2 Å². The number of amides is 3. The van der Waals surface area contributed by atoms with Crippen LogP contribution >= 0.6 is 0 Å². The van der Waals surface area contributed by atoms with E-state index in [1.165, 1.54) is 12.1 Å². The van der Waals surface area contributed by atoms with Crippen LogP contribution in [0.2, 0.25) is 0 Å². The number of anilines is 2. The first-order chi connectivity index (χ1) is 14.0. The maximum atomic E-state index is 12.4. The number of piperazine rings is 1. The Morgan fingerprint density at radius 2 is 1.62 bits per heavy atom. The molecule has 0 radical (unpaired) electrons. The summed E-state index contributed by atoms with van der Waals surface area (Å²) in [5.41, 5.74) is 1.66. The normalized spacial score (nSPS) is 13.7. The van der Waals surface area contributed by atoms with E-state index in [1.54, 1.807) is 29.2 Å². The summed E-state index contributed by atoms with van der Waals surface area (Å²) < 4.78 is 0. The molecule has 0 atom stereocenters. The van der Waals surface area contributed by atoms with Gasteiger partial charge in [-0.25, -0.2) is 4.79 Å². The van der Waals surface area contributed by atoms with Gasteiger partial charge in [0.2, 0.25) is 5.91 Å². The number of carbonyl (C=O) groups excluding carboxylic acids is 2. The average Bonchev–Trinajstić information content (AvgIpc) is 2.74. The molecule has 0 saturated carbocycles. The maximum absolute atomic E-state index is 12.4. The minimum absolute atomic E-state index is 0.00615. The van der Waals surface area contributed by atoms with Gasteiger partial charge in [0, 0.05) is 62.7 Å². The number of carbonyl (C=O) groups is 2. The van der Waals surface area contributed by atoms with Crippen LogP contribution in [0.15, 0.2) is 54.6 Å². The summed E-state index contributed by atoms with van der Waals surface area (Å²) in [5.74, 6) is -0.00615. The molecule has 152 valence electrons. The second-order valence-electron chi connectivity index (χ2n) is 6.64. The number of hydrogen-bond donors (Lipinski definition) is 2. The Morgan fingerprint density at radius 3 is 2.24 bits per heavy atom. The number of para-hydroxylation sites is 1. The van der Waals surface area contributed by atoms with Crippen LogP contribution in [-0.4, -0.2) is 54.5 Å². The fourth-order valence-electron chi connectivity index (χ4n) is 3.14. The average molecular weight is 397 g/mol. The van der Waals surface area contributed by atoms with Crippen LogP contribution in [0.4, 0.5) is 21.9 Å². The molecule has 0 bridgehead atoms. The minimum Gasteiger partial charge on any atom is -0.368 e. The van der Waals surface area contributed by atoms with Crippen molar-refractivity contribution < 1.29 is 14.5 Å². The van der Waals surface area contributed by atoms with Crippen LogP contribution in [0.1, 0.15) is 6.42 Å².